The Morgan fingerprint density at radius 3 is 2.31 bits per heavy atom. The summed E-state index contributed by atoms with van der Waals surface area (Å²) in [5.41, 5.74) is 2.58. The van der Waals surface area contributed by atoms with Crippen LogP contribution in [0.4, 0.5) is 5.69 Å². The van der Waals surface area contributed by atoms with Crippen LogP contribution in [-0.4, -0.2) is 13.1 Å². The van der Waals surface area contributed by atoms with Crippen molar-refractivity contribution in [1.29, 1.82) is 0 Å². The van der Waals surface area contributed by atoms with Gasteiger partial charge in [-0.05, 0) is 54.4 Å². The zero-order chi connectivity index (χ0) is 9.84. The molecule has 0 aliphatic carbocycles. The van der Waals surface area contributed by atoms with Crippen molar-refractivity contribution < 1.29 is 0 Å². The van der Waals surface area contributed by atoms with E-state index in [-0.39, 0.29) is 0 Å². The van der Waals surface area contributed by atoms with Gasteiger partial charge in [0.1, 0.15) is 0 Å². The smallest absolute Gasteiger partial charge is 0.0510 e. The molecule has 0 N–H and O–H groups in total. The van der Waals surface area contributed by atoms with E-state index in [0.29, 0.717) is 0 Å². The van der Waals surface area contributed by atoms with Crippen LogP contribution >= 0.6 is 15.9 Å². The van der Waals surface area contributed by atoms with Gasteiger partial charge in [0.15, 0.2) is 0 Å². The molecule has 0 atom stereocenters. The van der Waals surface area contributed by atoms with E-state index in [4.69, 9.17) is 0 Å². The lowest BCUT2D eigenvalue weighted by Crippen LogP contribution is -2.22. The zero-order valence-corrected chi connectivity index (χ0v) is 10.1. The number of hydrogen-bond donors (Lipinski definition) is 0. The summed E-state index contributed by atoms with van der Waals surface area (Å²) >= 11 is 3.59. The molecule has 0 saturated carbocycles. The van der Waals surface area contributed by atoms with Gasteiger partial charge < -0.3 is 4.90 Å². The Balaban J connectivity index is 2.99. The van der Waals surface area contributed by atoms with Crippen LogP contribution in [0.1, 0.15) is 19.4 Å². The molecule has 0 amide bonds. The summed E-state index contributed by atoms with van der Waals surface area (Å²) in [5, 5.41) is 0. The standard InChI is InChI=1S/C11H16BrN/c1-4-13(5-2)11-7-6-9(3)8-10(11)12/h6-8H,4-5H2,1-3H3. The second-order valence-electron chi connectivity index (χ2n) is 3.13. The van der Waals surface area contributed by atoms with Gasteiger partial charge in [-0.3, -0.25) is 0 Å². The van der Waals surface area contributed by atoms with Gasteiger partial charge in [-0.1, -0.05) is 6.07 Å². The van der Waals surface area contributed by atoms with Gasteiger partial charge in [0.25, 0.3) is 0 Å². The highest BCUT2D eigenvalue weighted by atomic mass is 79.9. The SMILES string of the molecule is CCN(CC)c1ccc(C)cc1Br. The Morgan fingerprint density at radius 2 is 1.85 bits per heavy atom. The van der Waals surface area contributed by atoms with E-state index >= 15 is 0 Å². The summed E-state index contributed by atoms with van der Waals surface area (Å²) in [6, 6.07) is 6.48. The zero-order valence-electron chi connectivity index (χ0n) is 8.47. The van der Waals surface area contributed by atoms with Crippen molar-refractivity contribution in [3.63, 3.8) is 0 Å². The predicted molar refractivity (Wildman–Crippen MR) is 62.4 cm³/mol. The summed E-state index contributed by atoms with van der Waals surface area (Å²) in [5.74, 6) is 0. The lowest BCUT2D eigenvalue weighted by atomic mass is 10.2. The van der Waals surface area contributed by atoms with E-state index < -0.39 is 0 Å². The average Bonchev–Trinajstić information content (AvgIpc) is 2.10. The summed E-state index contributed by atoms with van der Waals surface area (Å²) in [4.78, 5) is 2.34. The maximum atomic E-state index is 3.59. The van der Waals surface area contributed by atoms with Gasteiger partial charge >= 0.3 is 0 Å². The fourth-order valence-corrected chi connectivity index (χ4v) is 2.18. The first-order chi connectivity index (χ1) is 6.19. The van der Waals surface area contributed by atoms with Crippen LogP contribution in [0.2, 0.25) is 0 Å². The van der Waals surface area contributed by atoms with E-state index in [1.54, 1.807) is 0 Å². The first kappa shape index (κ1) is 10.6. The first-order valence-electron chi connectivity index (χ1n) is 4.70. The Kier molecular flexibility index (Phi) is 3.79. The van der Waals surface area contributed by atoms with Crippen molar-refractivity contribution in [2.75, 3.05) is 18.0 Å². The molecule has 0 radical (unpaired) electrons. The molecule has 1 nitrogen and oxygen atoms in total. The fourth-order valence-electron chi connectivity index (χ4n) is 1.43. The second-order valence-corrected chi connectivity index (χ2v) is 3.98. The highest BCUT2D eigenvalue weighted by Crippen LogP contribution is 2.26. The maximum absolute atomic E-state index is 3.59. The maximum Gasteiger partial charge on any atom is 0.0510 e. The number of benzene rings is 1. The van der Waals surface area contributed by atoms with Gasteiger partial charge in [-0.15, -0.1) is 0 Å². The minimum atomic E-state index is 1.05. The molecule has 0 aliphatic heterocycles. The van der Waals surface area contributed by atoms with Crippen LogP contribution < -0.4 is 4.90 Å². The fraction of sp³-hybridized carbons (Fsp3) is 0.455. The molecular formula is C11H16BrN. The van der Waals surface area contributed by atoms with Gasteiger partial charge in [0, 0.05) is 17.6 Å². The highest BCUT2D eigenvalue weighted by Gasteiger charge is 2.05. The van der Waals surface area contributed by atoms with E-state index in [2.05, 4.69) is 59.8 Å². The van der Waals surface area contributed by atoms with Crippen molar-refractivity contribution in [2.24, 2.45) is 0 Å². The Hall–Kier alpha value is -0.500. The van der Waals surface area contributed by atoms with Crippen LogP contribution in [0.3, 0.4) is 0 Å². The van der Waals surface area contributed by atoms with Gasteiger partial charge in [-0.25, -0.2) is 0 Å². The molecule has 0 fully saturated rings. The van der Waals surface area contributed by atoms with E-state index in [1.807, 2.05) is 0 Å². The van der Waals surface area contributed by atoms with E-state index in [9.17, 15) is 0 Å². The molecule has 0 aliphatic rings. The summed E-state index contributed by atoms with van der Waals surface area (Å²) in [7, 11) is 0. The molecule has 1 aromatic rings. The molecule has 0 aromatic heterocycles. The first-order valence-corrected chi connectivity index (χ1v) is 5.49. The van der Waals surface area contributed by atoms with E-state index in [0.717, 1.165) is 13.1 Å². The van der Waals surface area contributed by atoms with E-state index in [1.165, 1.54) is 15.7 Å². The molecule has 1 aromatic carbocycles. The number of anilines is 1. The van der Waals surface area contributed by atoms with Crippen molar-refractivity contribution in [3.05, 3.63) is 28.2 Å². The molecule has 2 heteroatoms. The predicted octanol–water partition coefficient (Wildman–Crippen LogP) is 3.60. The highest BCUT2D eigenvalue weighted by molar-refractivity contribution is 9.10. The Morgan fingerprint density at radius 1 is 1.23 bits per heavy atom. The molecule has 1 rings (SSSR count). The summed E-state index contributed by atoms with van der Waals surface area (Å²) in [6.45, 7) is 8.57. The van der Waals surface area contributed by atoms with Crippen LogP contribution in [-0.2, 0) is 0 Å². The summed E-state index contributed by atoms with van der Waals surface area (Å²) < 4.78 is 1.19. The number of aryl methyl sites for hydroxylation is 1. The Bertz CT molecular complexity index is 279. The van der Waals surface area contributed by atoms with Gasteiger partial charge in [0.2, 0.25) is 0 Å². The monoisotopic (exact) mass is 241 g/mol. The topological polar surface area (TPSA) is 3.24 Å². The molecule has 0 spiro atoms. The third-order valence-corrected chi connectivity index (χ3v) is 2.84. The molecule has 0 unspecified atom stereocenters. The minimum absolute atomic E-state index is 1.05. The van der Waals surface area contributed by atoms with Crippen LogP contribution in [0.5, 0.6) is 0 Å². The van der Waals surface area contributed by atoms with Gasteiger partial charge in [-0.2, -0.15) is 0 Å². The van der Waals surface area contributed by atoms with Crippen molar-refractivity contribution in [1.82, 2.24) is 0 Å². The lowest BCUT2D eigenvalue weighted by molar-refractivity contribution is 0.863. The number of hydrogen-bond acceptors (Lipinski definition) is 1. The van der Waals surface area contributed by atoms with Crippen molar-refractivity contribution in [2.45, 2.75) is 20.8 Å². The average molecular weight is 242 g/mol. The minimum Gasteiger partial charge on any atom is -0.371 e. The third-order valence-electron chi connectivity index (χ3n) is 2.21. The van der Waals surface area contributed by atoms with Crippen LogP contribution in [0, 0.1) is 6.92 Å². The molecule has 0 heterocycles. The number of rotatable bonds is 3. The van der Waals surface area contributed by atoms with Crippen molar-refractivity contribution >= 4 is 21.6 Å². The normalized spacial score (nSPS) is 10.2. The molecule has 0 bridgehead atoms. The molecule has 72 valence electrons. The van der Waals surface area contributed by atoms with Crippen LogP contribution in [0.15, 0.2) is 22.7 Å². The third kappa shape index (κ3) is 2.47. The second kappa shape index (κ2) is 4.66. The van der Waals surface area contributed by atoms with Crippen LogP contribution in [0.25, 0.3) is 0 Å². The largest absolute Gasteiger partial charge is 0.371 e. The number of halogens is 1. The lowest BCUT2D eigenvalue weighted by Gasteiger charge is -2.22. The molecule has 13 heavy (non-hydrogen) atoms. The van der Waals surface area contributed by atoms with Gasteiger partial charge in [0.05, 0.1) is 5.69 Å². The summed E-state index contributed by atoms with van der Waals surface area (Å²) in [6.07, 6.45) is 0. The van der Waals surface area contributed by atoms with Crippen molar-refractivity contribution in [3.8, 4) is 0 Å². The quantitative estimate of drug-likeness (QED) is 0.782. The molecule has 0 saturated heterocycles. The Labute approximate surface area is 88.9 Å². The number of nitrogens with zero attached hydrogens (tertiary/aromatic N) is 1. The molecular weight excluding hydrogens is 226 g/mol.